The fourth-order valence-corrected chi connectivity index (χ4v) is 4.35. The van der Waals surface area contributed by atoms with Crippen molar-refractivity contribution in [3.8, 4) is 0 Å². The highest BCUT2D eigenvalue weighted by Crippen LogP contribution is 2.39. The average molecular weight is 326 g/mol. The van der Waals surface area contributed by atoms with Crippen molar-refractivity contribution < 1.29 is 0 Å². The zero-order valence-electron chi connectivity index (χ0n) is 15.4. The number of hydrogen-bond acceptors (Lipinski definition) is 3. The largest absolute Gasteiger partial charge is 0.309 e. The molecule has 0 bridgehead atoms. The lowest BCUT2D eigenvalue weighted by Crippen LogP contribution is -2.39. The van der Waals surface area contributed by atoms with Gasteiger partial charge in [-0.2, -0.15) is 5.10 Å². The molecule has 0 unspecified atom stereocenters. The molecular weight excluding hydrogens is 296 g/mol. The van der Waals surface area contributed by atoms with Crippen LogP contribution in [0.5, 0.6) is 0 Å². The standard InChI is InChI=1S/C20H30N4/c1-20(2,14-23(3)4)15-24-12-17(16-8-6-5-7-9-16)18(13-24)19-10-11-21-22-19/h5-11,17-18H,12-15H2,1-4H3,(H,21,22)/t17-,18+/m0/s1. The van der Waals surface area contributed by atoms with Gasteiger partial charge in [-0.3, -0.25) is 5.10 Å². The third-order valence-corrected chi connectivity index (χ3v) is 4.94. The summed E-state index contributed by atoms with van der Waals surface area (Å²) < 4.78 is 0. The zero-order chi connectivity index (χ0) is 17.2. The number of rotatable bonds is 6. The van der Waals surface area contributed by atoms with Gasteiger partial charge in [0.25, 0.3) is 0 Å². The van der Waals surface area contributed by atoms with E-state index in [1.807, 2.05) is 6.20 Å². The highest BCUT2D eigenvalue weighted by atomic mass is 15.2. The number of aromatic amines is 1. The third-order valence-electron chi connectivity index (χ3n) is 4.94. The van der Waals surface area contributed by atoms with Crippen molar-refractivity contribution in [1.29, 1.82) is 0 Å². The van der Waals surface area contributed by atoms with Crippen molar-refractivity contribution in [3.63, 3.8) is 0 Å². The van der Waals surface area contributed by atoms with Crippen molar-refractivity contribution in [2.24, 2.45) is 5.41 Å². The average Bonchev–Trinajstić information content (AvgIpc) is 3.15. The first kappa shape index (κ1) is 17.2. The second-order valence-corrected chi connectivity index (χ2v) is 8.23. The lowest BCUT2D eigenvalue weighted by molar-refractivity contribution is 0.162. The summed E-state index contributed by atoms with van der Waals surface area (Å²) in [7, 11) is 4.32. The molecule has 2 aromatic rings. The molecule has 0 aliphatic carbocycles. The summed E-state index contributed by atoms with van der Waals surface area (Å²) in [5.41, 5.74) is 2.98. The maximum atomic E-state index is 4.18. The Morgan fingerprint density at radius 3 is 2.46 bits per heavy atom. The van der Waals surface area contributed by atoms with Crippen LogP contribution in [0.4, 0.5) is 0 Å². The van der Waals surface area contributed by atoms with Gasteiger partial charge in [0.2, 0.25) is 0 Å². The molecule has 1 aliphatic heterocycles. The molecule has 24 heavy (non-hydrogen) atoms. The second-order valence-electron chi connectivity index (χ2n) is 8.23. The van der Waals surface area contributed by atoms with Crippen molar-refractivity contribution in [2.45, 2.75) is 25.7 Å². The highest BCUT2D eigenvalue weighted by molar-refractivity contribution is 5.27. The summed E-state index contributed by atoms with van der Waals surface area (Å²) >= 11 is 0. The van der Waals surface area contributed by atoms with E-state index >= 15 is 0 Å². The van der Waals surface area contributed by atoms with Crippen LogP contribution in [0.3, 0.4) is 0 Å². The smallest absolute Gasteiger partial charge is 0.0490 e. The molecule has 1 aliphatic rings. The van der Waals surface area contributed by atoms with E-state index in [1.54, 1.807) is 0 Å². The van der Waals surface area contributed by atoms with Crippen LogP contribution in [0.2, 0.25) is 0 Å². The molecule has 0 saturated carbocycles. The van der Waals surface area contributed by atoms with Crippen LogP contribution in [0.15, 0.2) is 42.6 Å². The van der Waals surface area contributed by atoms with E-state index in [1.165, 1.54) is 11.3 Å². The minimum atomic E-state index is 0.285. The fourth-order valence-electron chi connectivity index (χ4n) is 4.35. The molecular formula is C20H30N4. The van der Waals surface area contributed by atoms with E-state index in [0.717, 1.165) is 26.2 Å². The lowest BCUT2D eigenvalue weighted by atomic mass is 9.87. The first-order chi connectivity index (χ1) is 11.4. The summed E-state index contributed by atoms with van der Waals surface area (Å²) in [6.07, 6.45) is 1.87. The molecule has 1 aromatic heterocycles. The van der Waals surface area contributed by atoms with Crippen LogP contribution in [0.1, 0.15) is 36.9 Å². The maximum Gasteiger partial charge on any atom is 0.0490 e. The summed E-state index contributed by atoms with van der Waals surface area (Å²) in [6, 6.07) is 13.1. The molecule has 0 spiro atoms. The van der Waals surface area contributed by atoms with Crippen molar-refractivity contribution in [1.82, 2.24) is 20.0 Å². The van der Waals surface area contributed by atoms with Gasteiger partial charge >= 0.3 is 0 Å². The van der Waals surface area contributed by atoms with E-state index in [0.29, 0.717) is 11.8 Å². The molecule has 1 fully saturated rings. The number of aromatic nitrogens is 2. The number of hydrogen-bond donors (Lipinski definition) is 1. The number of likely N-dealkylation sites (tertiary alicyclic amines) is 1. The van der Waals surface area contributed by atoms with Crippen LogP contribution in [-0.2, 0) is 0 Å². The van der Waals surface area contributed by atoms with Gasteiger partial charge in [-0.25, -0.2) is 0 Å². The molecule has 4 heteroatoms. The van der Waals surface area contributed by atoms with Crippen LogP contribution in [0, 0.1) is 5.41 Å². The highest BCUT2D eigenvalue weighted by Gasteiger charge is 2.37. The Balaban J connectivity index is 1.78. The summed E-state index contributed by atoms with van der Waals surface area (Å²) in [6.45, 7) is 9.18. The molecule has 0 amide bonds. The topological polar surface area (TPSA) is 35.2 Å². The van der Waals surface area contributed by atoms with E-state index in [-0.39, 0.29) is 5.41 Å². The predicted molar refractivity (Wildman–Crippen MR) is 99.3 cm³/mol. The molecule has 1 aromatic carbocycles. The van der Waals surface area contributed by atoms with Gasteiger partial charge in [0.05, 0.1) is 0 Å². The minimum Gasteiger partial charge on any atom is -0.309 e. The molecule has 4 nitrogen and oxygen atoms in total. The Labute approximate surface area is 145 Å². The van der Waals surface area contributed by atoms with Gasteiger partial charge in [-0.15, -0.1) is 0 Å². The maximum absolute atomic E-state index is 4.18. The third kappa shape index (κ3) is 4.05. The normalized spacial score (nSPS) is 22.4. The van der Waals surface area contributed by atoms with Gasteiger partial charge in [-0.05, 0) is 31.1 Å². The number of H-pyrrole nitrogens is 1. The van der Waals surface area contributed by atoms with Crippen LogP contribution in [-0.4, -0.2) is 60.3 Å². The van der Waals surface area contributed by atoms with Crippen molar-refractivity contribution >= 4 is 0 Å². The molecule has 2 heterocycles. The fraction of sp³-hybridized carbons (Fsp3) is 0.550. The van der Waals surface area contributed by atoms with Crippen molar-refractivity contribution in [3.05, 3.63) is 53.9 Å². The van der Waals surface area contributed by atoms with Crippen molar-refractivity contribution in [2.75, 3.05) is 40.3 Å². The lowest BCUT2D eigenvalue weighted by Gasteiger charge is -2.32. The Morgan fingerprint density at radius 1 is 1.12 bits per heavy atom. The van der Waals surface area contributed by atoms with Gasteiger partial charge in [-0.1, -0.05) is 44.2 Å². The van der Waals surface area contributed by atoms with E-state index < -0.39 is 0 Å². The zero-order valence-corrected chi connectivity index (χ0v) is 15.4. The van der Waals surface area contributed by atoms with Gasteiger partial charge in [0.1, 0.15) is 0 Å². The number of nitrogens with one attached hydrogen (secondary N) is 1. The van der Waals surface area contributed by atoms with Gasteiger partial charge in [0.15, 0.2) is 0 Å². The van der Waals surface area contributed by atoms with E-state index in [2.05, 4.69) is 84.3 Å². The Morgan fingerprint density at radius 2 is 1.83 bits per heavy atom. The Hall–Kier alpha value is -1.65. The molecule has 1 saturated heterocycles. The quantitative estimate of drug-likeness (QED) is 0.885. The number of nitrogens with zero attached hydrogens (tertiary/aromatic N) is 3. The SMILES string of the molecule is CN(C)CC(C)(C)CN1C[C@@H](c2ccccc2)[C@H](c2ccn[nH]2)C1. The van der Waals surface area contributed by atoms with E-state index in [4.69, 9.17) is 0 Å². The monoisotopic (exact) mass is 326 g/mol. The molecule has 130 valence electrons. The van der Waals surface area contributed by atoms with E-state index in [9.17, 15) is 0 Å². The van der Waals surface area contributed by atoms with Gasteiger partial charge in [0, 0.05) is 49.9 Å². The second kappa shape index (κ2) is 7.08. The molecule has 3 rings (SSSR count). The Bertz CT molecular complexity index is 618. The van der Waals surface area contributed by atoms with Gasteiger partial charge < -0.3 is 9.80 Å². The summed E-state index contributed by atoms with van der Waals surface area (Å²) in [4.78, 5) is 4.92. The van der Waals surface area contributed by atoms with Crippen LogP contribution in [0.25, 0.3) is 0 Å². The molecule has 0 radical (unpaired) electrons. The predicted octanol–water partition coefficient (Wildman–Crippen LogP) is 3.18. The summed E-state index contributed by atoms with van der Waals surface area (Å²) in [5, 5.41) is 7.39. The molecule has 1 N–H and O–H groups in total. The Kier molecular flexibility index (Phi) is 5.07. The van der Waals surface area contributed by atoms with Crippen LogP contribution >= 0.6 is 0 Å². The number of benzene rings is 1. The first-order valence-corrected chi connectivity index (χ1v) is 8.86. The summed E-state index contributed by atoms with van der Waals surface area (Å²) in [5.74, 6) is 1.02. The molecule has 2 atom stereocenters. The first-order valence-electron chi connectivity index (χ1n) is 8.86. The minimum absolute atomic E-state index is 0.285. The van der Waals surface area contributed by atoms with Crippen LogP contribution < -0.4 is 0 Å².